The van der Waals surface area contributed by atoms with E-state index in [2.05, 4.69) is 43.9 Å². The van der Waals surface area contributed by atoms with Gasteiger partial charge in [-0.3, -0.25) is 9.36 Å². The van der Waals surface area contributed by atoms with Gasteiger partial charge in [0.1, 0.15) is 0 Å². The van der Waals surface area contributed by atoms with Gasteiger partial charge in [-0.1, -0.05) is 6.92 Å². The third-order valence-electron chi connectivity index (χ3n) is 6.59. The van der Waals surface area contributed by atoms with Crippen molar-refractivity contribution in [2.45, 2.75) is 58.0 Å². The van der Waals surface area contributed by atoms with Gasteiger partial charge in [0.2, 0.25) is 11.9 Å². The van der Waals surface area contributed by atoms with E-state index in [1.54, 1.807) is 0 Å². The van der Waals surface area contributed by atoms with Crippen LogP contribution in [0.25, 0.3) is 0 Å². The quantitative estimate of drug-likeness (QED) is 0.712. The SMILES string of the molecule is CCCN(C)CC1CCN(c2nnc(C3CCC(=O)N3)n2CC2CCOCC2)C1. The molecule has 2 unspecified atom stereocenters. The molecule has 8 heteroatoms. The molecule has 0 radical (unpaired) electrons. The summed E-state index contributed by atoms with van der Waals surface area (Å²) in [5.74, 6) is 3.31. The number of rotatable bonds is 8. The molecular weight excluding hydrogens is 368 g/mol. The van der Waals surface area contributed by atoms with Crippen molar-refractivity contribution < 1.29 is 9.53 Å². The zero-order chi connectivity index (χ0) is 20.2. The largest absolute Gasteiger partial charge is 0.381 e. The van der Waals surface area contributed by atoms with Crippen LogP contribution in [0.15, 0.2) is 0 Å². The fourth-order valence-corrected chi connectivity index (χ4v) is 5.05. The average molecular weight is 405 g/mol. The second kappa shape index (κ2) is 9.43. The fraction of sp³-hybridized carbons (Fsp3) is 0.857. The van der Waals surface area contributed by atoms with Gasteiger partial charge in [0, 0.05) is 45.8 Å². The minimum absolute atomic E-state index is 0.00215. The van der Waals surface area contributed by atoms with E-state index in [-0.39, 0.29) is 11.9 Å². The highest BCUT2D eigenvalue weighted by molar-refractivity contribution is 5.78. The molecule has 1 N–H and O–H groups in total. The first-order valence-electron chi connectivity index (χ1n) is 11.4. The molecule has 2 atom stereocenters. The van der Waals surface area contributed by atoms with Gasteiger partial charge in [0.05, 0.1) is 6.04 Å². The number of aromatic nitrogens is 3. The molecule has 1 aromatic rings. The van der Waals surface area contributed by atoms with E-state index in [1.807, 2.05) is 0 Å². The summed E-state index contributed by atoms with van der Waals surface area (Å²) in [7, 11) is 2.22. The number of ether oxygens (including phenoxy) is 1. The second-order valence-corrected chi connectivity index (χ2v) is 9.05. The molecule has 4 heterocycles. The molecule has 0 aromatic carbocycles. The van der Waals surface area contributed by atoms with E-state index in [1.165, 1.54) is 12.8 Å². The Bertz CT molecular complexity index is 687. The van der Waals surface area contributed by atoms with E-state index in [0.29, 0.717) is 18.3 Å². The van der Waals surface area contributed by atoms with Gasteiger partial charge in [0.15, 0.2) is 5.82 Å². The lowest BCUT2D eigenvalue weighted by Crippen LogP contribution is -2.31. The Labute approximate surface area is 174 Å². The zero-order valence-electron chi connectivity index (χ0n) is 18.0. The summed E-state index contributed by atoms with van der Waals surface area (Å²) in [6, 6.07) is -0.00215. The lowest BCUT2D eigenvalue weighted by atomic mass is 10.00. The Kier molecular flexibility index (Phi) is 6.70. The fourth-order valence-electron chi connectivity index (χ4n) is 5.05. The van der Waals surface area contributed by atoms with Crippen molar-refractivity contribution in [3.8, 4) is 0 Å². The van der Waals surface area contributed by atoms with Crippen molar-refractivity contribution in [3.05, 3.63) is 5.82 Å². The van der Waals surface area contributed by atoms with E-state index < -0.39 is 0 Å². The maximum Gasteiger partial charge on any atom is 0.227 e. The lowest BCUT2D eigenvalue weighted by Gasteiger charge is -2.27. The van der Waals surface area contributed by atoms with Gasteiger partial charge in [-0.15, -0.1) is 10.2 Å². The van der Waals surface area contributed by atoms with Gasteiger partial charge in [0.25, 0.3) is 0 Å². The number of carbonyl (C=O) groups is 1. The van der Waals surface area contributed by atoms with Crippen LogP contribution in [0, 0.1) is 11.8 Å². The highest BCUT2D eigenvalue weighted by atomic mass is 16.5. The summed E-state index contributed by atoms with van der Waals surface area (Å²) in [6.07, 6.45) is 5.96. The minimum atomic E-state index is -0.00215. The Morgan fingerprint density at radius 2 is 2.00 bits per heavy atom. The molecule has 29 heavy (non-hydrogen) atoms. The van der Waals surface area contributed by atoms with Crippen molar-refractivity contribution in [1.29, 1.82) is 0 Å². The number of nitrogens with one attached hydrogen (secondary N) is 1. The van der Waals surface area contributed by atoms with Crippen molar-refractivity contribution in [3.63, 3.8) is 0 Å². The Morgan fingerprint density at radius 3 is 2.72 bits per heavy atom. The third kappa shape index (κ3) is 4.91. The summed E-state index contributed by atoms with van der Waals surface area (Å²) >= 11 is 0. The Balaban J connectivity index is 1.50. The Morgan fingerprint density at radius 1 is 1.17 bits per heavy atom. The van der Waals surface area contributed by atoms with Crippen LogP contribution in [-0.4, -0.2) is 72.0 Å². The molecule has 3 aliphatic heterocycles. The van der Waals surface area contributed by atoms with Crippen LogP contribution in [-0.2, 0) is 16.1 Å². The first-order chi connectivity index (χ1) is 14.1. The number of nitrogens with zero attached hydrogens (tertiary/aromatic N) is 5. The van der Waals surface area contributed by atoms with Crippen LogP contribution >= 0.6 is 0 Å². The molecule has 3 saturated heterocycles. The summed E-state index contributed by atoms with van der Waals surface area (Å²) in [6.45, 7) is 9.21. The molecular formula is C21H36N6O2. The van der Waals surface area contributed by atoms with E-state index >= 15 is 0 Å². The van der Waals surface area contributed by atoms with Crippen LogP contribution in [0.2, 0.25) is 0 Å². The predicted octanol–water partition coefficient (Wildman–Crippen LogP) is 1.82. The molecule has 0 aliphatic carbocycles. The Hall–Kier alpha value is -1.67. The first-order valence-corrected chi connectivity index (χ1v) is 11.4. The number of carbonyl (C=O) groups excluding carboxylic acids is 1. The zero-order valence-corrected chi connectivity index (χ0v) is 18.0. The standard InChI is InChI=1S/C21H36N6O2/c1-3-9-25(2)13-17-6-10-26(14-17)21-24-23-20(18-4-5-19(28)22-18)27(21)15-16-7-11-29-12-8-16/h16-18H,3-15H2,1-2H3,(H,22,28). The maximum atomic E-state index is 11.8. The van der Waals surface area contributed by atoms with Gasteiger partial charge in [-0.2, -0.15) is 0 Å². The summed E-state index contributed by atoms with van der Waals surface area (Å²) in [5, 5.41) is 12.3. The van der Waals surface area contributed by atoms with Crippen LogP contribution < -0.4 is 10.2 Å². The van der Waals surface area contributed by atoms with E-state index in [0.717, 1.165) is 77.0 Å². The third-order valence-corrected chi connectivity index (χ3v) is 6.59. The summed E-state index contributed by atoms with van der Waals surface area (Å²) in [4.78, 5) is 16.6. The molecule has 8 nitrogen and oxygen atoms in total. The molecule has 0 spiro atoms. The summed E-state index contributed by atoms with van der Waals surface area (Å²) in [5.41, 5.74) is 0. The molecule has 4 rings (SSSR count). The summed E-state index contributed by atoms with van der Waals surface area (Å²) < 4.78 is 7.86. The number of anilines is 1. The lowest BCUT2D eigenvalue weighted by molar-refractivity contribution is -0.119. The minimum Gasteiger partial charge on any atom is -0.381 e. The van der Waals surface area contributed by atoms with Gasteiger partial charge < -0.3 is 19.9 Å². The monoisotopic (exact) mass is 404 g/mol. The molecule has 0 bridgehead atoms. The van der Waals surface area contributed by atoms with Gasteiger partial charge in [-0.25, -0.2) is 0 Å². The number of hydrogen-bond donors (Lipinski definition) is 1. The maximum absolute atomic E-state index is 11.8. The van der Waals surface area contributed by atoms with E-state index in [9.17, 15) is 4.79 Å². The smallest absolute Gasteiger partial charge is 0.227 e. The molecule has 0 saturated carbocycles. The van der Waals surface area contributed by atoms with Crippen LogP contribution in [0.3, 0.4) is 0 Å². The van der Waals surface area contributed by atoms with Gasteiger partial charge in [-0.05, 0) is 57.5 Å². The average Bonchev–Trinajstić information content (AvgIpc) is 3.43. The molecule has 162 valence electrons. The van der Waals surface area contributed by atoms with E-state index in [4.69, 9.17) is 4.74 Å². The van der Waals surface area contributed by atoms with Crippen molar-refractivity contribution in [1.82, 2.24) is 25.0 Å². The number of amides is 1. The predicted molar refractivity (Wildman–Crippen MR) is 112 cm³/mol. The molecule has 1 amide bonds. The van der Waals surface area contributed by atoms with Gasteiger partial charge >= 0.3 is 0 Å². The molecule has 1 aromatic heterocycles. The van der Waals surface area contributed by atoms with Crippen LogP contribution in [0.1, 0.15) is 57.3 Å². The molecule has 3 fully saturated rings. The van der Waals surface area contributed by atoms with Crippen molar-refractivity contribution in [2.75, 3.05) is 51.3 Å². The first kappa shape index (κ1) is 20.6. The van der Waals surface area contributed by atoms with Crippen LogP contribution in [0.5, 0.6) is 0 Å². The molecule has 3 aliphatic rings. The normalized spacial score (nSPS) is 25.9. The number of hydrogen-bond acceptors (Lipinski definition) is 6. The second-order valence-electron chi connectivity index (χ2n) is 9.05. The van der Waals surface area contributed by atoms with Crippen LogP contribution in [0.4, 0.5) is 5.95 Å². The topological polar surface area (TPSA) is 75.5 Å². The highest BCUT2D eigenvalue weighted by Gasteiger charge is 2.33. The van der Waals surface area contributed by atoms with Crippen molar-refractivity contribution >= 4 is 11.9 Å². The van der Waals surface area contributed by atoms with Crippen molar-refractivity contribution in [2.24, 2.45) is 11.8 Å². The highest BCUT2D eigenvalue weighted by Crippen LogP contribution is 2.30.